The zero-order chi connectivity index (χ0) is 23.3. The van der Waals surface area contributed by atoms with Crippen LogP contribution in [0.25, 0.3) is 11.6 Å². The third-order valence-electron chi connectivity index (χ3n) is 4.23. The van der Waals surface area contributed by atoms with Gasteiger partial charge < -0.3 is 0 Å². The highest BCUT2D eigenvalue weighted by Crippen LogP contribution is 2.26. The predicted molar refractivity (Wildman–Crippen MR) is 126 cm³/mol. The summed E-state index contributed by atoms with van der Waals surface area (Å²) in [5.74, 6) is -2.71. The van der Waals surface area contributed by atoms with Crippen molar-refractivity contribution in [1.82, 2.24) is 0 Å². The summed E-state index contributed by atoms with van der Waals surface area (Å²) in [6.07, 6.45) is 4.08. The number of benzene rings is 2. The number of hydrogen-bond acceptors (Lipinski definition) is 2. The minimum Gasteiger partial charge on any atom is -0.253 e. The Kier molecular flexibility index (Phi) is 11.9. The smallest absolute Gasteiger partial charge is 0.253 e. The third kappa shape index (κ3) is 8.53. The number of aryl methyl sites for hydroxylation is 2. The average molecular weight is 411 g/mol. The van der Waals surface area contributed by atoms with E-state index in [1.807, 2.05) is 58.9 Å². The number of nitriles is 1. The van der Waals surface area contributed by atoms with Gasteiger partial charge in [-0.2, -0.15) is 5.26 Å². The number of hydrogen-bond donors (Lipinski definition) is 0. The summed E-state index contributed by atoms with van der Waals surface area (Å²) in [7, 11) is 0. The van der Waals surface area contributed by atoms with E-state index in [1.165, 1.54) is 23.3 Å². The molecule has 0 amide bonds. The van der Waals surface area contributed by atoms with Gasteiger partial charge in [0, 0.05) is 12.5 Å². The van der Waals surface area contributed by atoms with Crippen molar-refractivity contribution in [3.63, 3.8) is 0 Å². The molecular weight excluding hydrogens is 378 g/mol. The molecule has 0 aliphatic carbocycles. The molecule has 0 atom stereocenters. The normalized spacial score (nSPS) is 11.3. The summed E-state index contributed by atoms with van der Waals surface area (Å²) in [4.78, 5) is 3.73. The molecular formula is C26H32F2N2. The lowest BCUT2D eigenvalue weighted by molar-refractivity contribution is 0.0174. The number of allylic oxidation sites excluding steroid dienone is 3. The SMILES string of the molecule is C=N/C(C#N)=C(\C)c1ccc(/C=C\C)c(C)c1.CC.Cc1ccc(C(C)(F)F)cc1. The molecule has 0 saturated heterocycles. The lowest BCUT2D eigenvalue weighted by atomic mass is 9.99. The Morgan fingerprint density at radius 2 is 1.67 bits per heavy atom. The maximum Gasteiger partial charge on any atom is 0.270 e. The molecule has 30 heavy (non-hydrogen) atoms. The van der Waals surface area contributed by atoms with Gasteiger partial charge in [-0.05, 0) is 56.7 Å². The molecule has 0 unspecified atom stereocenters. The van der Waals surface area contributed by atoms with Gasteiger partial charge in [0.25, 0.3) is 5.92 Å². The minimum atomic E-state index is -2.71. The van der Waals surface area contributed by atoms with Crippen LogP contribution < -0.4 is 0 Å². The standard InChI is InChI=1S/C15H16N2.C9H10F2.C2H6/c1-5-6-13-7-8-14(9-11(13)2)12(3)15(10-16)17-4;1-7-3-5-8(6-4-7)9(2,10)11;1-2/h5-9H,4H2,1-3H3;3-6H,1-2H3;1-2H3/b6-5-,15-12+;;. The molecule has 2 aromatic carbocycles. The quantitative estimate of drug-likeness (QED) is 0.370. The lowest BCUT2D eigenvalue weighted by Gasteiger charge is -2.09. The first-order chi connectivity index (χ1) is 14.1. The second-order valence-corrected chi connectivity index (χ2v) is 6.57. The molecule has 0 aliphatic heterocycles. The molecule has 2 nitrogen and oxygen atoms in total. The summed E-state index contributed by atoms with van der Waals surface area (Å²) in [5, 5.41) is 8.91. The summed E-state index contributed by atoms with van der Waals surface area (Å²) in [5.41, 5.74) is 5.69. The van der Waals surface area contributed by atoms with Crippen molar-refractivity contribution in [1.29, 1.82) is 5.26 Å². The maximum atomic E-state index is 12.6. The second kappa shape index (κ2) is 13.2. The molecule has 0 bridgehead atoms. The van der Waals surface area contributed by atoms with Crippen LogP contribution in [0.4, 0.5) is 8.78 Å². The van der Waals surface area contributed by atoms with Crippen molar-refractivity contribution in [2.75, 3.05) is 0 Å². The van der Waals surface area contributed by atoms with E-state index >= 15 is 0 Å². The molecule has 0 aromatic heterocycles. The van der Waals surface area contributed by atoms with Gasteiger partial charge in [0.15, 0.2) is 0 Å². The van der Waals surface area contributed by atoms with E-state index in [0.717, 1.165) is 23.6 Å². The van der Waals surface area contributed by atoms with Crippen LogP contribution in [0.3, 0.4) is 0 Å². The predicted octanol–water partition coefficient (Wildman–Crippen LogP) is 8.12. The van der Waals surface area contributed by atoms with Crippen LogP contribution in [0.15, 0.2) is 59.2 Å². The van der Waals surface area contributed by atoms with Crippen LogP contribution in [0, 0.1) is 25.2 Å². The van der Waals surface area contributed by atoms with E-state index in [0.29, 0.717) is 5.70 Å². The van der Waals surface area contributed by atoms with Crippen LogP contribution in [-0.2, 0) is 5.92 Å². The third-order valence-corrected chi connectivity index (χ3v) is 4.23. The van der Waals surface area contributed by atoms with Crippen molar-refractivity contribution < 1.29 is 8.78 Å². The fraction of sp³-hybridized carbons (Fsp3) is 0.308. The maximum absolute atomic E-state index is 12.6. The van der Waals surface area contributed by atoms with Gasteiger partial charge in [-0.15, -0.1) is 0 Å². The summed E-state index contributed by atoms with van der Waals surface area (Å²) < 4.78 is 25.2. The van der Waals surface area contributed by atoms with Crippen LogP contribution in [0.2, 0.25) is 0 Å². The van der Waals surface area contributed by atoms with Crippen molar-refractivity contribution in [3.8, 4) is 6.07 Å². The molecule has 2 aromatic rings. The number of nitrogens with zero attached hydrogens (tertiary/aromatic N) is 2. The minimum absolute atomic E-state index is 0.0723. The molecule has 0 saturated carbocycles. The molecule has 160 valence electrons. The van der Waals surface area contributed by atoms with E-state index in [2.05, 4.69) is 30.8 Å². The Hall–Kier alpha value is -3.06. The van der Waals surface area contributed by atoms with Crippen LogP contribution in [0.1, 0.15) is 62.4 Å². The largest absolute Gasteiger partial charge is 0.270 e. The number of aliphatic imine (C=N–C) groups is 1. The van der Waals surface area contributed by atoms with E-state index in [1.54, 1.807) is 12.1 Å². The van der Waals surface area contributed by atoms with Crippen molar-refractivity contribution in [2.45, 2.75) is 54.4 Å². The monoisotopic (exact) mass is 410 g/mol. The van der Waals surface area contributed by atoms with Crippen LogP contribution >= 0.6 is 0 Å². The molecule has 0 radical (unpaired) electrons. The van der Waals surface area contributed by atoms with Gasteiger partial charge >= 0.3 is 0 Å². The van der Waals surface area contributed by atoms with E-state index in [-0.39, 0.29) is 5.56 Å². The first kappa shape index (κ1) is 26.9. The fourth-order valence-corrected chi connectivity index (χ4v) is 2.50. The highest BCUT2D eigenvalue weighted by molar-refractivity contribution is 5.72. The number of alkyl halides is 2. The first-order valence-corrected chi connectivity index (χ1v) is 9.90. The first-order valence-electron chi connectivity index (χ1n) is 9.90. The zero-order valence-corrected chi connectivity index (χ0v) is 19.1. The van der Waals surface area contributed by atoms with Crippen LogP contribution in [-0.4, -0.2) is 6.72 Å². The summed E-state index contributed by atoms with van der Waals surface area (Å²) in [6.45, 7) is 16.1. The topological polar surface area (TPSA) is 36.1 Å². The van der Waals surface area contributed by atoms with Gasteiger partial charge in [0.05, 0.1) is 0 Å². The second-order valence-electron chi connectivity index (χ2n) is 6.57. The summed E-state index contributed by atoms with van der Waals surface area (Å²) >= 11 is 0. The lowest BCUT2D eigenvalue weighted by Crippen LogP contribution is -2.06. The van der Waals surface area contributed by atoms with Crippen LogP contribution in [0.5, 0.6) is 0 Å². The molecule has 0 heterocycles. The van der Waals surface area contributed by atoms with Gasteiger partial charge in [-0.1, -0.05) is 74.0 Å². The van der Waals surface area contributed by atoms with Crippen molar-refractivity contribution in [2.24, 2.45) is 4.99 Å². The van der Waals surface area contributed by atoms with E-state index in [4.69, 9.17) is 5.26 Å². The molecule has 0 N–H and O–H groups in total. The fourth-order valence-electron chi connectivity index (χ4n) is 2.50. The van der Waals surface area contributed by atoms with Gasteiger partial charge in [-0.3, -0.25) is 4.99 Å². The Balaban J connectivity index is 0.000000557. The number of rotatable bonds is 4. The summed E-state index contributed by atoms with van der Waals surface area (Å²) in [6, 6.07) is 14.4. The molecule has 4 heteroatoms. The average Bonchev–Trinajstić information content (AvgIpc) is 2.72. The molecule has 2 rings (SSSR count). The van der Waals surface area contributed by atoms with Gasteiger partial charge in [0.2, 0.25) is 0 Å². The highest BCUT2D eigenvalue weighted by Gasteiger charge is 2.23. The van der Waals surface area contributed by atoms with E-state index < -0.39 is 5.92 Å². The Morgan fingerprint density at radius 1 is 1.10 bits per heavy atom. The molecule has 0 aliphatic rings. The highest BCUT2D eigenvalue weighted by atomic mass is 19.3. The van der Waals surface area contributed by atoms with Crippen molar-refractivity contribution >= 4 is 18.4 Å². The van der Waals surface area contributed by atoms with Gasteiger partial charge in [-0.25, -0.2) is 8.78 Å². The van der Waals surface area contributed by atoms with Gasteiger partial charge in [0.1, 0.15) is 11.8 Å². The Morgan fingerprint density at radius 3 is 2.07 bits per heavy atom. The molecule has 0 fully saturated rings. The van der Waals surface area contributed by atoms with Crippen molar-refractivity contribution in [3.05, 3.63) is 82.1 Å². The molecule has 0 spiro atoms. The Labute approximate surface area is 180 Å². The number of halogens is 2. The van der Waals surface area contributed by atoms with E-state index in [9.17, 15) is 8.78 Å². The zero-order valence-electron chi connectivity index (χ0n) is 19.1. The Bertz CT molecular complexity index is 910.